The fraction of sp³-hybridized carbons (Fsp3) is 0.371. The standard InChI is InChI=1S/C35H42FN3O3/c1-4-6-11-27(5-2)35(41)39(23-26-16-18-30(36)19-17-26)25-34(40)38(24-29-12-7-10-15-33(29)42-3)21-20-28-22-37-32-14-9-8-13-31(28)32/h7-10,12-19,22,27,37H,4-6,11,20-21,23-25H2,1-3H3. The Kier molecular flexibility index (Phi) is 11.2. The number of carbonyl (C=O) groups excluding carboxylic acids is 2. The van der Waals surface area contributed by atoms with Crippen LogP contribution in [0.3, 0.4) is 0 Å². The fourth-order valence-electron chi connectivity index (χ4n) is 5.42. The van der Waals surface area contributed by atoms with Gasteiger partial charge in [-0.25, -0.2) is 4.39 Å². The Balaban J connectivity index is 1.60. The molecule has 0 saturated heterocycles. The normalized spacial score (nSPS) is 11.8. The summed E-state index contributed by atoms with van der Waals surface area (Å²) in [7, 11) is 1.63. The third-order valence-electron chi connectivity index (χ3n) is 7.91. The van der Waals surface area contributed by atoms with Crippen LogP contribution in [0.25, 0.3) is 10.9 Å². The molecule has 1 unspecified atom stereocenters. The second-order valence-electron chi connectivity index (χ2n) is 10.8. The number of nitrogens with one attached hydrogen (secondary N) is 1. The number of unbranched alkanes of at least 4 members (excludes halogenated alkanes) is 1. The lowest BCUT2D eigenvalue weighted by molar-refractivity contribution is -0.144. The highest BCUT2D eigenvalue weighted by Crippen LogP contribution is 2.23. The zero-order valence-electron chi connectivity index (χ0n) is 24.9. The fourth-order valence-corrected chi connectivity index (χ4v) is 5.42. The number of amides is 2. The van der Waals surface area contributed by atoms with E-state index >= 15 is 0 Å². The van der Waals surface area contributed by atoms with Gasteiger partial charge in [-0.1, -0.05) is 75.2 Å². The van der Waals surface area contributed by atoms with Crippen molar-refractivity contribution in [1.82, 2.24) is 14.8 Å². The SMILES string of the molecule is CCCCC(CC)C(=O)N(CC(=O)N(CCc1c[nH]c2ccccc12)Cc1ccccc1OC)Cc1ccc(F)cc1. The smallest absolute Gasteiger partial charge is 0.242 e. The van der Waals surface area contributed by atoms with E-state index in [-0.39, 0.29) is 36.6 Å². The molecule has 0 radical (unpaired) electrons. The molecule has 0 aliphatic rings. The number of benzene rings is 3. The quantitative estimate of drug-likeness (QED) is 0.165. The number of H-pyrrole nitrogens is 1. The molecule has 0 bridgehead atoms. The van der Waals surface area contributed by atoms with Gasteiger partial charge in [0, 0.05) is 48.2 Å². The van der Waals surface area contributed by atoms with Crippen molar-refractivity contribution in [3.05, 3.63) is 102 Å². The lowest BCUT2D eigenvalue weighted by Crippen LogP contribution is -2.45. The molecule has 3 aromatic carbocycles. The number of hydrogen-bond acceptors (Lipinski definition) is 3. The summed E-state index contributed by atoms with van der Waals surface area (Å²) in [5.41, 5.74) is 3.88. The average Bonchev–Trinajstić information content (AvgIpc) is 3.43. The molecule has 4 rings (SSSR count). The van der Waals surface area contributed by atoms with Gasteiger partial charge in [-0.3, -0.25) is 9.59 Å². The van der Waals surface area contributed by atoms with Crippen molar-refractivity contribution >= 4 is 22.7 Å². The van der Waals surface area contributed by atoms with E-state index in [0.717, 1.165) is 46.9 Å². The van der Waals surface area contributed by atoms with Gasteiger partial charge >= 0.3 is 0 Å². The summed E-state index contributed by atoms with van der Waals surface area (Å²) in [5.74, 6) is 0.0562. The van der Waals surface area contributed by atoms with E-state index in [0.29, 0.717) is 31.7 Å². The van der Waals surface area contributed by atoms with Crippen LogP contribution in [-0.4, -0.2) is 46.8 Å². The summed E-state index contributed by atoms with van der Waals surface area (Å²) >= 11 is 0. The molecule has 222 valence electrons. The minimum Gasteiger partial charge on any atom is -0.496 e. The van der Waals surface area contributed by atoms with E-state index in [2.05, 4.69) is 18.0 Å². The van der Waals surface area contributed by atoms with E-state index in [1.54, 1.807) is 24.1 Å². The number of halogens is 1. The van der Waals surface area contributed by atoms with Gasteiger partial charge in [-0.2, -0.15) is 0 Å². The Labute approximate surface area is 248 Å². The van der Waals surface area contributed by atoms with Crippen LogP contribution in [0.15, 0.2) is 79.0 Å². The van der Waals surface area contributed by atoms with E-state index in [9.17, 15) is 14.0 Å². The number of para-hydroxylation sites is 2. The number of methoxy groups -OCH3 is 1. The maximum absolute atomic E-state index is 14.1. The van der Waals surface area contributed by atoms with Gasteiger partial charge in [0.05, 0.1) is 7.11 Å². The molecular weight excluding hydrogens is 529 g/mol. The Morgan fingerprint density at radius 3 is 2.38 bits per heavy atom. The van der Waals surface area contributed by atoms with E-state index in [1.165, 1.54) is 12.1 Å². The van der Waals surface area contributed by atoms with Gasteiger partial charge < -0.3 is 19.5 Å². The van der Waals surface area contributed by atoms with Gasteiger partial charge in [0.15, 0.2) is 0 Å². The summed E-state index contributed by atoms with van der Waals surface area (Å²) in [6, 6.07) is 22.0. The van der Waals surface area contributed by atoms with Crippen molar-refractivity contribution in [2.75, 3.05) is 20.2 Å². The molecular formula is C35H42FN3O3. The highest BCUT2D eigenvalue weighted by atomic mass is 19.1. The molecule has 0 spiro atoms. The van der Waals surface area contributed by atoms with E-state index < -0.39 is 0 Å². The minimum absolute atomic E-state index is 0.0301. The molecule has 1 heterocycles. The molecule has 1 N–H and O–H groups in total. The molecule has 0 aliphatic carbocycles. The summed E-state index contributed by atoms with van der Waals surface area (Å²) in [6.45, 7) is 5.16. The average molecular weight is 572 g/mol. The van der Waals surface area contributed by atoms with Crippen LogP contribution in [0.4, 0.5) is 4.39 Å². The van der Waals surface area contributed by atoms with Crippen molar-refractivity contribution in [2.24, 2.45) is 5.92 Å². The van der Waals surface area contributed by atoms with Crippen LogP contribution in [0, 0.1) is 11.7 Å². The van der Waals surface area contributed by atoms with Crippen LogP contribution in [0.5, 0.6) is 5.75 Å². The Morgan fingerprint density at radius 1 is 0.905 bits per heavy atom. The number of hydrogen-bond donors (Lipinski definition) is 1. The summed E-state index contributed by atoms with van der Waals surface area (Å²) in [6.07, 6.45) is 6.10. The summed E-state index contributed by atoms with van der Waals surface area (Å²) < 4.78 is 19.2. The molecule has 1 aromatic heterocycles. The topological polar surface area (TPSA) is 65.6 Å². The molecule has 4 aromatic rings. The summed E-state index contributed by atoms with van der Waals surface area (Å²) in [5, 5.41) is 1.14. The number of rotatable bonds is 15. The zero-order chi connectivity index (χ0) is 29.9. The maximum Gasteiger partial charge on any atom is 0.242 e. The largest absolute Gasteiger partial charge is 0.496 e. The molecule has 1 atom stereocenters. The first kappa shape index (κ1) is 30.8. The first-order valence-corrected chi connectivity index (χ1v) is 14.9. The summed E-state index contributed by atoms with van der Waals surface area (Å²) in [4.78, 5) is 34.7. The second-order valence-corrected chi connectivity index (χ2v) is 10.8. The number of fused-ring (bicyclic) bond motifs is 1. The third-order valence-corrected chi connectivity index (χ3v) is 7.91. The number of aromatic amines is 1. The number of aromatic nitrogens is 1. The van der Waals surface area contributed by atoms with Gasteiger partial charge in [-0.15, -0.1) is 0 Å². The predicted molar refractivity (Wildman–Crippen MR) is 166 cm³/mol. The van der Waals surface area contributed by atoms with E-state index in [1.807, 2.05) is 60.5 Å². The molecule has 42 heavy (non-hydrogen) atoms. The monoisotopic (exact) mass is 571 g/mol. The lowest BCUT2D eigenvalue weighted by atomic mass is 9.97. The Hall–Kier alpha value is -4.13. The molecule has 6 nitrogen and oxygen atoms in total. The van der Waals surface area contributed by atoms with Gasteiger partial charge in [0.1, 0.15) is 18.1 Å². The Morgan fingerprint density at radius 2 is 1.64 bits per heavy atom. The molecule has 2 amide bonds. The number of ether oxygens (including phenoxy) is 1. The van der Waals surface area contributed by atoms with Crippen LogP contribution in [0.2, 0.25) is 0 Å². The third kappa shape index (κ3) is 7.99. The van der Waals surface area contributed by atoms with Gasteiger partial charge in [-0.05, 0) is 54.7 Å². The number of nitrogens with zero attached hydrogens (tertiary/aromatic N) is 2. The molecule has 7 heteroatoms. The van der Waals surface area contributed by atoms with Crippen LogP contribution < -0.4 is 4.74 Å². The lowest BCUT2D eigenvalue weighted by Gasteiger charge is -2.30. The van der Waals surface area contributed by atoms with E-state index in [4.69, 9.17) is 4.74 Å². The highest BCUT2D eigenvalue weighted by Gasteiger charge is 2.27. The van der Waals surface area contributed by atoms with Crippen LogP contribution >= 0.6 is 0 Å². The Bertz CT molecular complexity index is 1450. The number of carbonyl (C=O) groups is 2. The van der Waals surface area contributed by atoms with Crippen molar-refractivity contribution in [1.29, 1.82) is 0 Å². The molecule has 0 saturated carbocycles. The van der Waals surface area contributed by atoms with Crippen LogP contribution in [-0.2, 0) is 29.1 Å². The minimum atomic E-state index is -0.331. The van der Waals surface area contributed by atoms with Crippen molar-refractivity contribution in [2.45, 2.75) is 59.0 Å². The van der Waals surface area contributed by atoms with Crippen molar-refractivity contribution in [3.63, 3.8) is 0 Å². The maximum atomic E-state index is 14.1. The van der Waals surface area contributed by atoms with Gasteiger partial charge in [0.25, 0.3) is 0 Å². The van der Waals surface area contributed by atoms with Gasteiger partial charge in [0.2, 0.25) is 11.8 Å². The second kappa shape index (κ2) is 15.2. The zero-order valence-corrected chi connectivity index (χ0v) is 24.9. The first-order valence-electron chi connectivity index (χ1n) is 14.9. The highest BCUT2D eigenvalue weighted by molar-refractivity contribution is 5.86. The van der Waals surface area contributed by atoms with Crippen LogP contribution in [0.1, 0.15) is 56.2 Å². The first-order chi connectivity index (χ1) is 20.4. The molecule has 0 fully saturated rings. The predicted octanol–water partition coefficient (Wildman–Crippen LogP) is 7.13. The van der Waals surface area contributed by atoms with Crippen molar-refractivity contribution < 1.29 is 18.7 Å². The van der Waals surface area contributed by atoms with Crippen molar-refractivity contribution in [3.8, 4) is 5.75 Å². The molecule has 0 aliphatic heterocycles.